The van der Waals surface area contributed by atoms with Crippen LogP contribution >= 0.6 is 0 Å². The summed E-state index contributed by atoms with van der Waals surface area (Å²) >= 11 is 0. The molecule has 1 amide bonds. The summed E-state index contributed by atoms with van der Waals surface area (Å²) in [5.41, 5.74) is 0.749. The van der Waals surface area contributed by atoms with Gasteiger partial charge in [0.05, 0.1) is 13.7 Å². The van der Waals surface area contributed by atoms with Crippen molar-refractivity contribution in [3.8, 4) is 5.75 Å². The summed E-state index contributed by atoms with van der Waals surface area (Å²) in [4.78, 5) is 25.0. The highest BCUT2D eigenvalue weighted by Crippen LogP contribution is 2.15. The topological polar surface area (TPSA) is 58.6 Å². The number of nitrogens with one attached hydrogen (secondary N) is 1. The zero-order valence-corrected chi connectivity index (χ0v) is 11.0. The number of hydrogen-bond donors (Lipinski definition) is 1. The standard InChI is InChI=1S/C14H18N2O3/c1-19-13-4-2-11(3-5-13)15-14(18)10-16-8-6-12(17)7-9-16/h2-5H,6-10H2,1H3,(H,15,18). The molecule has 1 aliphatic rings. The van der Waals surface area contributed by atoms with E-state index in [9.17, 15) is 9.59 Å². The molecular weight excluding hydrogens is 244 g/mol. The number of carbonyl (C=O) groups excluding carboxylic acids is 2. The van der Waals surface area contributed by atoms with E-state index in [4.69, 9.17) is 4.74 Å². The Kier molecular flexibility index (Phi) is 4.52. The fraction of sp³-hybridized carbons (Fsp3) is 0.429. The number of piperidine rings is 1. The van der Waals surface area contributed by atoms with Gasteiger partial charge in [0.25, 0.3) is 0 Å². The number of rotatable bonds is 4. The molecule has 2 rings (SSSR count). The lowest BCUT2D eigenvalue weighted by Crippen LogP contribution is -2.39. The van der Waals surface area contributed by atoms with Gasteiger partial charge in [0.2, 0.25) is 5.91 Å². The lowest BCUT2D eigenvalue weighted by molar-refractivity contribution is -0.124. The first kappa shape index (κ1) is 13.5. The van der Waals surface area contributed by atoms with Crippen molar-refractivity contribution in [1.29, 1.82) is 0 Å². The normalized spacial score (nSPS) is 16.2. The minimum atomic E-state index is -0.0560. The molecule has 0 radical (unpaired) electrons. The van der Waals surface area contributed by atoms with Crippen LogP contribution in [0.5, 0.6) is 5.75 Å². The van der Waals surface area contributed by atoms with Gasteiger partial charge in [-0.2, -0.15) is 0 Å². The van der Waals surface area contributed by atoms with Crippen molar-refractivity contribution in [2.45, 2.75) is 12.8 Å². The van der Waals surface area contributed by atoms with Gasteiger partial charge in [0.15, 0.2) is 0 Å². The van der Waals surface area contributed by atoms with Crippen LogP contribution in [-0.2, 0) is 9.59 Å². The van der Waals surface area contributed by atoms with Crippen LogP contribution in [0, 0.1) is 0 Å². The van der Waals surface area contributed by atoms with E-state index >= 15 is 0 Å². The van der Waals surface area contributed by atoms with Crippen molar-refractivity contribution in [1.82, 2.24) is 4.90 Å². The molecule has 19 heavy (non-hydrogen) atoms. The third kappa shape index (κ3) is 4.06. The Morgan fingerprint density at radius 1 is 1.26 bits per heavy atom. The van der Waals surface area contributed by atoms with E-state index in [2.05, 4.69) is 5.32 Å². The van der Waals surface area contributed by atoms with Crippen LogP contribution in [0.2, 0.25) is 0 Å². The first-order valence-electron chi connectivity index (χ1n) is 6.35. The summed E-state index contributed by atoms with van der Waals surface area (Å²) in [6.45, 7) is 1.68. The van der Waals surface area contributed by atoms with Gasteiger partial charge in [-0.3, -0.25) is 14.5 Å². The average molecular weight is 262 g/mol. The summed E-state index contributed by atoms with van der Waals surface area (Å²) in [6.07, 6.45) is 1.10. The highest BCUT2D eigenvalue weighted by molar-refractivity contribution is 5.92. The molecule has 1 N–H and O–H groups in total. The number of anilines is 1. The SMILES string of the molecule is COc1ccc(NC(=O)CN2CCC(=O)CC2)cc1. The van der Waals surface area contributed by atoms with Crippen molar-refractivity contribution in [3.63, 3.8) is 0 Å². The van der Waals surface area contributed by atoms with Gasteiger partial charge in [0.1, 0.15) is 11.5 Å². The number of carbonyl (C=O) groups is 2. The summed E-state index contributed by atoms with van der Waals surface area (Å²) < 4.78 is 5.05. The van der Waals surface area contributed by atoms with E-state index < -0.39 is 0 Å². The largest absolute Gasteiger partial charge is 0.497 e. The molecule has 0 aliphatic carbocycles. The van der Waals surface area contributed by atoms with Crippen molar-refractivity contribution in [2.24, 2.45) is 0 Å². The van der Waals surface area contributed by atoms with E-state index in [1.54, 1.807) is 31.4 Å². The van der Waals surface area contributed by atoms with Crippen molar-refractivity contribution in [3.05, 3.63) is 24.3 Å². The number of amides is 1. The maximum atomic E-state index is 11.8. The van der Waals surface area contributed by atoms with E-state index in [1.807, 2.05) is 4.90 Å². The molecule has 0 spiro atoms. The van der Waals surface area contributed by atoms with E-state index in [-0.39, 0.29) is 11.7 Å². The average Bonchev–Trinajstić information content (AvgIpc) is 2.42. The molecule has 1 aromatic carbocycles. The van der Waals surface area contributed by atoms with Gasteiger partial charge in [-0.05, 0) is 24.3 Å². The van der Waals surface area contributed by atoms with Crippen molar-refractivity contribution in [2.75, 3.05) is 32.1 Å². The van der Waals surface area contributed by atoms with Crippen LogP contribution in [0.4, 0.5) is 5.69 Å². The molecule has 0 unspecified atom stereocenters. The molecule has 1 aromatic rings. The minimum Gasteiger partial charge on any atom is -0.497 e. The Hall–Kier alpha value is -1.88. The maximum Gasteiger partial charge on any atom is 0.238 e. The molecule has 0 aromatic heterocycles. The van der Waals surface area contributed by atoms with Gasteiger partial charge >= 0.3 is 0 Å². The van der Waals surface area contributed by atoms with Crippen LogP contribution in [0.3, 0.4) is 0 Å². The Bertz CT molecular complexity index is 446. The predicted molar refractivity (Wildman–Crippen MR) is 72.3 cm³/mol. The monoisotopic (exact) mass is 262 g/mol. The third-order valence-electron chi connectivity index (χ3n) is 3.15. The summed E-state index contributed by atoms with van der Waals surface area (Å²) in [5, 5.41) is 2.83. The first-order chi connectivity index (χ1) is 9.17. The second-order valence-electron chi connectivity index (χ2n) is 4.59. The number of likely N-dealkylation sites (tertiary alicyclic amines) is 1. The van der Waals surface area contributed by atoms with Crippen LogP contribution < -0.4 is 10.1 Å². The van der Waals surface area contributed by atoms with Gasteiger partial charge in [0, 0.05) is 31.6 Å². The molecule has 1 aliphatic heterocycles. The molecule has 102 valence electrons. The first-order valence-corrected chi connectivity index (χ1v) is 6.35. The molecule has 0 saturated carbocycles. The minimum absolute atomic E-state index is 0.0560. The van der Waals surface area contributed by atoms with Crippen molar-refractivity contribution < 1.29 is 14.3 Å². The Morgan fingerprint density at radius 3 is 2.47 bits per heavy atom. The van der Waals surface area contributed by atoms with Crippen LogP contribution in [-0.4, -0.2) is 43.3 Å². The van der Waals surface area contributed by atoms with Crippen LogP contribution in [0.15, 0.2) is 24.3 Å². The zero-order chi connectivity index (χ0) is 13.7. The Labute approximate surface area is 112 Å². The summed E-state index contributed by atoms with van der Waals surface area (Å²) in [6, 6.07) is 7.21. The highest BCUT2D eigenvalue weighted by atomic mass is 16.5. The molecule has 0 bridgehead atoms. The third-order valence-corrected chi connectivity index (χ3v) is 3.15. The number of methoxy groups -OCH3 is 1. The van der Waals surface area contributed by atoms with E-state index in [1.165, 1.54) is 0 Å². The molecule has 1 saturated heterocycles. The molecule has 1 fully saturated rings. The zero-order valence-electron chi connectivity index (χ0n) is 11.0. The van der Waals surface area contributed by atoms with Gasteiger partial charge in [-0.25, -0.2) is 0 Å². The van der Waals surface area contributed by atoms with Gasteiger partial charge < -0.3 is 10.1 Å². The van der Waals surface area contributed by atoms with E-state index in [0.717, 1.165) is 11.4 Å². The lowest BCUT2D eigenvalue weighted by Gasteiger charge is -2.24. The molecular formula is C14H18N2O3. The second kappa shape index (κ2) is 6.33. The number of ketones is 1. The lowest BCUT2D eigenvalue weighted by atomic mass is 10.1. The maximum absolute atomic E-state index is 11.8. The predicted octanol–water partition coefficient (Wildman–Crippen LogP) is 1.30. The summed E-state index contributed by atoms with van der Waals surface area (Å²) in [5.74, 6) is 0.985. The molecule has 5 heteroatoms. The number of ether oxygens (including phenoxy) is 1. The Balaban J connectivity index is 1.81. The number of nitrogens with zero attached hydrogens (tertiary/aromatic N) is 1. The number of Topliss-reactive ketones (excluding diaryl/α,β-unsaturated/α-hetero) is 1. The second-order valence-corrected chi connectivity index (χ2v) is 4.59. The molecule has 1 heterocycles. The summed E-state index contributed by atoms with van der Waals surface area (Å²) in [7, 11) is 1.60. The fourth-order valence-corrected chi connectivity index (χ4v) is 2.04. The molecule has 5 nitrogen and oxygen atoms in total. The van der Waals surface area contributed by atoms with Gasteiger partial charge in [-0.1, -0.05) is 0 Å². The van der Waals surface area contributed by atoms with E-state index in [0.29, 0.717) is 32.5 Å². The Morgan fingerprint density at radius 2 is 1.89 bits per heavy atom. The number of benzene rings is 1. The van der Waals surface area contributed by atoms with Crippen molar-refractivity contribution >= 4 is 17.4 Å². The van der Waals surface area contributed by atoms with Gasteiger partial charge in [-0.15, -0.1) is 0 Å². The number of hydrogen-bond acceptors (Lipinski definition) is 4. The quantitative estimate of drug-likeness (QED) is 0.888. The van der Waals surface area contributed by atoms with Crippen LogP contribution in [0.1, 0.15) is 12.8 Å². The highest BCUT2D eigenvalue weighted by Gasteiger charge is 2.18. The smallest absolute Gasteiger partial charge is 0.238 e. The molecule has 0 atom stereocenters. The van der Waals surface area contributed by atoms with Crippen LogP contribution in [0.25, 0.3) is 0 Å². The fourth-order valence-electron chi connectivity index (χ4n) is 2.04.